The summed E-state index contributed by atoms with van der Waals surface area (Å²) in [4.78, 5) is 22.4. The average Bonchev–Trinajstić information content (AvgIpc) is 3.70. The van der Waals surface area contributed by atoms with Crippen LogP contribution in [0.3, 0.4) is 0 Å². The molecule has 1 saturated heterocycles. The molecule has 3 aromatic heterocycles. The van der Waals surface area contributed by atoms with Gasteiger partial charge in [0.25, 0.3) is 0 Å². The molecule has 11 heteroatoms. The number of anilines is 1. The summed E-state index contributed by atoms with van der Waals surface area (Å²) in [6.45, 7) is 1.89. The van der Waals surface area contributed by atoms with Gasteiger partial charge in [0.2, 0.25) is 0 Å². The van der Waals surface area contributed by atoms with Gasteiger partial charge in [0.05, 0.1) is 15.6 Å². The number of benzene rings is 1. The number of carboxylic acid groups (broad SMARTS) is 1. The second-order valence-electron chi connectivity index (χ2n) is 12.8. The Bertz CT molecular complexity index is 1800. The van der Waals surface area contributed by atoms with E-state index in [1.165, 1.54) is 6.07 Å². The lowest BCUT2D eigenvalue weighted by Gasteiger charge is -2.59. The number of hydrogen-bond acceptors (Lipinski definition) is 7. The third-order valence-electron chi connectivity index (χ3n) is 9.44. The van der Waals surface area contributed by atoms with Crippen LogP contribution in [0.1, 0.15) is 66.3 Å². The highest BCUT2D eigenvalue weighted by Gasteiger charge is 2.51. The van der Waals surface area contributed by atoms with Crippen LogP contribution in [-0.2, 0) is 0 Å². The molecule has 3 saturated carbocycles. The molecular formula is C33H29Cl2FN4O4. The van der Waals surface area contributed by atoms with Gasteiger partial charge >= 0.3 is 5.97 Å². The molecule has 4 fully saturated rings. The molecule has 8 nitrogen and oxygen atoms in total. The number of rotatable bonds is 8. The number of aromatic nitrogens is 3. The van der Waals surface area contributed by atoms with Gasteiger partial charge in [-0.25, -0.2) is 14.2 Å². The van der Waals surface area contributed by atoms with Crippen LogP contribution >= 0.6 is 23.2 Å². The van der Waals surface area contributed by atoms with E-state index in [4.69, 9.17) is 32.5 Å². The Balaban J connectivity index is 0.968. The highest BCUT2D eigenvalue weighted by molar-refractivity contribution is 6.39. The first-order chi connectivity index (χ1) is 21.2. The SMILES string of the molecule is O=C(O)c1cc(OC2CC(F)C2)c2cc(N3CC4(CC(/C=C/c5c(-c6c(Cl)cncc6Cl)noc5C5CC5)C4)C3)ccc2n1. The van der Waals surface area contributed by atoms with Gasteiger partial charge in [0.15, 0.2) is 5.69 Å². The van der Waals surface area contributed by atoms with E-state index in [0.29, 0.717) is 57.2 Å². The number of carboxylic acids is 1. The Hall–Kier alpha value is -3.69. The first-order valence-corrected chi connectivity index (χ1v) is 15.7. The maximum absolute atomic E-state index is 13.4. The predicted octanol–water partition coefficient (Wildman–Crippen LogP) is 7.98. The van der Waals surface area contributed by atoms with Crippen LogP contribution < -0.4 is 9.64 Å². The Kier molecular flexibility index (Phi) is 6.61. The molecule has 3 aliphatic carbocycles. The minimum absolute atomic E-state index is 0.0811. The second-order valence-corrected chi connectivity index (χ2v) is 13.6. The first-order valence-electron chi connectivity index (χ1n) is 15.0. The number of hydrogen-bond donors (Lipinski definition) is 1. The summed E-state index contributed by atoms with van der Waals surface area (Å²) in [7, 11) is 0. The van der Waals surface area contributed by atoms with Gasteiger partial charge in [0, 0.05) is 77.9 Å². The molecule has 4 aromatic rings. The summed E-state index contributed by atoms with van der Waals surface area (Å²) in [6.07, 6.45) is 11.4. The lowest BCUT2D eigenvalue weighted by atomic mass is 9.57. The van der Waals surface area contributed by atoms with E-state index in [0.717, 1.165) is 61.2 Å². The molecule has 226 valence electrons. The largest absolute Gasteiger partial charge is 0.489 e. The smallest absolute Gasteiger partial charge is 0.354 e. The summed E-state index contributed by atoms with van der Waals surface area (Å²) >= 11 is 12.9. The van der Waals surface area contributed by atoms with Crippen molar-refractivity contribution >= 4 is 51.8 Å². The third kappa shape index (κ3) is 4.90. The summed E-state index contributed by atoms with van der Waals surface area (Å²) in [6, 6.07) is 7.29. The van der Waals surface area contributed by atoms with Crippen molar-refractivity contribution in [3.63, 3.8) is 0 Å². The van der Waals surface area contributed by atoms with E-state index in [-0.39, 0.29) is 17.2 Å². The maximum atomic E-state index is 13.4. The fourth-order valence-electron chi connectivity index (χ4n) is 6.92. The lowest BCUT2D eigenvalue weighted by molar-refractivity contribution is 0.0417. The minimum Gasteiger partial charge on any atom is -0.489 e. The van der Waals surface area contributed by atoms with Crippen LogP contribution in [0.2, 0.25) is 10.0 Å². The van der Waals surface area contributed by atoms with Crippen LogP contribution in [-0.4, -0.2) is 51.6 Å². The summed E-state index contributed by atoms with van der Waals surface area (Å²) in [5, 5.41) is 15.5. The van der Waals surface area contributed by atoms with Gasteiger partial charge in [-0.15, -0.1) is 0 Å². The second kappa shape index (κ2) is 10.4. The van der Waals surface area contributed by atoms with Crippen LogP contribution in [0.15, 0.2) is 47.3 Å². The molecule has 1 N–H and O–H groups in total. The molecule has 0 unspecified atom stereocenters. The molecule has 0 amide bonds. The molecule has 44 heavy (non-hydrogen) atoms. The number of nitrogens with zero attached hydrogens (tertiary/aromatic N) is 4. The molecule has 0 radical (unpaired) electrons. The maximum Gasteiger partial charge on any atom is 0.354 e. The molecule has 4 heterocycles. The van der Waals surface area contributed by atoms with Crippen LogP contribution in [0.4, 0.5) is 10.1 Å². The Morgan fingerprint density at radius 3 is 2.57 bits per heavy atom. The summed E-state index contributed by atoms with van der Waals surface area (Å²) in [5.41, 5.74) is 4.05. The van der Waals surface area contributed by atoms with Gasteiger partial charge in [-0.3, -0.25) is 4.98 Å². The van der Waals surface area contributed by atoms with Crippen molar-refractivity contribution in [1.29, 1.82) is 0 Å². The zero-order chi connectivity index (χ0) is 30.2. The molecular weight excluding hydrogens is 606 g/mol. The number of alkyl halides is 1. The highest BCUT2D eigenvalue weighted by Crippen LogP contribution is 2.54. The topological polar surface area (TPSA) is 102 Å². The van der Waals surface area contributed by atoms with Gasteiger partial charge in [-0.1, -0.05) is 40.5 Å². The van der Waals surface area contributed by atoms with Crippen molar-refractivity contribution in [1.82, 2.24) is 15.1 Å². The van der Waals surface area contributed by atoms with Crippen molar-refractivity contribution < 1.29 is 23.6 Å². The molecule has 0 bridgehead atoms. The molecule has 8 rings (SSSR count). The Morgan fingerprint density at radius 1 is 1.14 bits per heavy atom. The fourth-order valence-corrected chi connectivity index (χ4v) is 7.46. The van der Waals surface area contributed by atoms with E-state index in [2.05, 4.69) is 32.2 Å². The number of aromatic carboxylic acids is 1. The minimum atomic E-state index is -1.12. The molecule has 1 spiro atoms. The number of fused-ring (bicyclic) bond motifs is 1. The Morgan fingerprint density at radius 2 is 1.89 bits per heavy atom. The summed E-state index contributed by atoms with van der Waals surface area (Å²) < 4.78 is 25.3. The number of ether oxygens (including phenoxy) is 1. The van der Waals surface area contributed by atoms with Crippen LogP contribution in [0, 0.1) is 11.3 Å². The molecule has 4 aliphatic rings. The van der Waals surface area contributed by atoms with E-state index in [1.807, 2.05) is 18.2 Å². The normalized spacial score (nSPS) is 22.7. The van der Waals surface area contributed by atoms with E-state index < -0.39 is 12.1 Å². The molecule has 1 aromatic carbocycles. The van der Waals surface area contributed by atoms with Crippen molar-refractivity contribution in [2.24, 2.45) is 11.3 Å². The monoisotopic (exact) mass is 634 g/mol. The molecule has 0 atom stereocenters. The van der Waals surface area contributed by atoms with Gasteiger partial charge in [-0.05, 0) is 49.8 Å². The number of pyridine rings is 2. The highest BCUT2D eigenvalue weighted by atomic mass is 35.5. The summed E-state index contributed by atoms with van der Waals surface area (Å²) in [5.74, 6) is 1.06. The van der Waals surface area contributed by atoms with Gasteiger partial charge in [0.1, 0.15) is 29.5 Å². The zero-order valence-electron chi connectivity index (χ0n) is 23.7. The van der Waals surface area contributed by atoms with Gasteiger partial charge < -0.3 is 19.3 Å². The predicted molar refractivity (Wildman–Crippen MR) is 165 cm³/mol. The number of allylic oxidation sites excluding steroid dienone is 1. The number of halogens is 3. The standard InChI is InChI=1S/C33H29Cl2FN4O4/c34-24-13-37-14-25(35)29(24)30-22(31(44-39-30)18-2-3-18)5-1-17-11-33(12-17)15-40(16-33)20-4-6-26-23(9-20)28(10-27(38-26)32(41)42)43-21-7-19(36)8-21/h1,4-6,9-10,13-14,17-19,21H,2-3,7-8,11-12,15-16H2,(H,41,42)/b5-1+. The zero-order valence-corrected chi connectivity index (χ0v) is 25.2. The van der Waals surface area contributed by atoms with E-state index in [1.54, 1.807) is 12.4 Å². The third-order valence-corrected chi connectivity index (χ3v) is 10.0. The quantitative estimate of drug-likeness (QED) is 0.208. The first kappa shape index (κ1) is 27.8. The lowest BCUT2D eigenvalue weighted by Crippen LogP contribution is -2.62. The van der Waals surface area contributed by atoms with Crippen LogP contribution in [0.25, 0.3) is 28.2 Å². The van der Waals surface area contributed by atoms with Crippen molar-refractivity contribution in [3.05, 3.63) is 69.8 Å². The molecule has 1 aliphatic heterocycles. The van der Waals surface area contributed by atoms with Crippen molar-refractivity contribution in [2.45, 2.75) is 56.7 Å². The van der Waals surface area contributed by atoms with E-state index in [9.17, 15) is 14.3 Å². The fraction of sp³-hybridized carbons (Fsp3) is 0.394. The number of carbonyl (C=O) groups is 1. The van der Waals surface area contributed by atoms with Crippen molar-refractivity contribution in [2.75, 3.05) is 18.0 Å². The van der Waals surface area contributed by atoms with Crippen LogP contribution in [0.5, 0.6) is 5.75 Å². The van der Waals surface area contributed by atoms with E-state index >= 15 is 0 Å². The van der Waals surface area contributed by atoms with Gasteiger partial charge in [-0.2, -0.15) is 0 Å². The Labute approximate surface area is 262 Å². The average molecular weight is 636 g/mol. The van der Waals surface area contributed by atoms with Crippen molar-refractivity contribution in [3.8, 4) is 17.0 Å².